The summed E-state index contributed by atoms with van der Waals surface area (Å²) in [5.41, 5.74) is 5.38. The van der Waals surface area contributed by atoms with Crippen molar-refractivity contribution < 1.29 is 9.59 Å². The van der Waals surface area contributed by atoms with Crippen LogP contribution in [0.4, 0.5) is 0 Å². The molecule has 0 saturated carbocycles. The molecule has 6 heteroatoms. The molecule has 0 aromatic rings. The van der Waals surface area contributed by atoms with Crippen molar-refractivity contribution >= 4 is 24.2 Å². The van der Waals surface area contributed by atoms with Crippen molar-refractivity contribution in [2.75, 3.05) is 19.6 Å². The largest absolute Gasteiger partial charge is 0.356 e. The maximum atomic E-state index is 11.3. The molecule has 108 valence electrons. The molecule has 18 heavy (non-hydrogen) atoms. The third-order valence-electron chi connectivity index (χ3n) is 2.41. The van der Waals surface area contributed by atoms with Gasteiger partial charge in [0.15, 0.2) is 0 Å². The van der Waals surface area contributed by atoms with Crippen LogP contribution in [-0.2, 0) is 9.59 Å². The second-order valence-corrected chi connectivity index (χ2v) is 4.14. The van der Waals surface area contributed by atoms with Crippen LogP contribution in [0.1, 0.15) is 45.4 Å². The Morgan fingerprint density at radius 2 is 1.56 bits per heavy atom. The molecule has 0 aromatic carbocycles. The summed E-state index contributed by atoms with van der Waals surface area (Å²) in [5, 5.41) is 5.52. The molecule has 0 fully saturated rings. The zero-order valence-corrected chi connectivity index (χ0v) is 12.0. The number of nitrogens with two attached hydrogens (primary N) is 1. The summed E-state index contributed by atoms with van der Waals surface area (Å²) in [5.74, 6) is 0.0665. The van der Waals surface area contributed by atoms with E-state index in [1.807, 2.05) is 0 Å². The van der Waals surface area contributed by atoms with Crippen LogP contribution in [0.25, 0.3) is 0 Å². The minimum Gasteiger partial charge on any atom is -0.356 e. The molecule has 0 unspecified atom stereocenters. The van der Waals surface area contributed by atoms with Crippen molar-refractivity contribution in [3.8, 4) is 0 Å². The van der Waals surface area contributed by atoms with Crippen LogP contribution in [0, 0.1) is 0 Å². The highest BCUT2D eigenvalue weighted by Gasteiger charge is 2.00. The minimum absolute atomic E-state index is 0. The Hall–Kier alpha value is -0.810. The summed E-state index contributed by atoms with van der Waals surface area (Å²) in [6.07, 6.45) is 5.50. The zero-order valence-electron chi connectivity index (χ0n) is 11.2. The predicted octanol–water partition coefficient (Wildman–Crippen LogP) is 0.960. The molecule has 0 atom stereocenters. The summed E-state index contributed by atoms with van der Waals surface area (Å²) >= 11 is 0. The highest BCUT2D eigenvalue weighted by atomic mass is 35.5. The van der Waals surface area contributed by atoms with Gasteiger partial charge in [-0.15, -0.1) is 12.4 Å². The standard InChI is InChI=1S/C12H25N3O2.ClH/c1-11(16)14-9-6-10-15-12(17)7-4-2-3-5-8-13;/h2-10,13H2,1H3,(H,14,16)(H,15,17);1H. The van der Waals surface area contributed by atoms with Gasteiger partial charge >= 0.3 is 0 Å². The number of nitrogens with one attached hydrogen (secondary N) is 2. The average molecular weight is 280 g/mol. The van der Waals surface area contributed by atoms with Crippen LogP contribution in [-0.4, -0.2) is 31.4 Å². The van der Waals surface area contributed by atoms with E-state index in [-0.39, 0.29) is 24.2 Å². The summed E-state index contributed by atoms with van der Waals surface area (Å²) in [4.78, 5) is 21.9. The van der Waals surface area contributed by atoms with Crippen molar-refractivity contribution in [3.63, 3.8) is 0 Å². The van der Waals surface area contributed by atoms with Crippen LogP contribution in [0.15, 0.2) is 0 Å². The molecule has 2 amide bonds. The highest BCUT2D eigenvalue weighted by Crippen LogP contribution is 2.01. The number of halogens is 1. The van der Waals surface area contributed by atoms with Gasteiger partial charge in [0, 0.05) is 26.4 Å². The van der Waals surface area contributed by atoms with E-state index in [2.05, 4.69) is 10.6 Å². The van der Waals surface area contributed by atoms with Gasteiger partial charge in [-0.2, -0.15) is 0 Å². The molecule has 0 aliphatic carbocycles. The van der Waals surface area contributed by atoms with E-state index in [1.165, 1.54) is 6.92 Å². The van der Waals surface area contributed by atoms with Crippen molar-refractivity contribution in [2.45, 2.75) is 45.4 Å². The lowest BCUT2D eigenvalue weighted by molar-refractivity contribution is -0.121. The van der Waals surface area contributed by atoms with Crippen LogP contribution < -0.4 is 16.4 Å². The molecule has 4 N–H and O–H groups in total. The number of hydrogen-bond donors (Lipinski definition) is 3. The third kappa shape index (κ3) is 15.2. The molecule has 5 nitrogen and oxygen atoms in total. The van der Waals surface area contributed by atoms with Crippen LogP contribution in [0.2, 0.25) is 0 Å². The monoisotopic (exact) mass is 279 g/mol. The lowest BCUT2D eigenvalue weighted by Crippen LogP contribution is -2.28. The number of hydrogen-bond acceptors (Lipinski definition) is 3. The number of rotatable bonds is 10. The highest BCUT2D eigenvalue weighted by molar-refractivity contribution is 5.85. The van der Waals surface area contributed by atoms with E-state index in [0.717, 1.165) is 38.6 Å². The Kier molecular flexibility index (Phi) is 15.5. The number of unbranched alkanes of at least 4 members (excludes halogenated alkanes) is 3. The van der Waals surface area contributed by atoms with E-state index in [4.69, 9.17) is 5.73 Å². The molecule has 0 aliphatic rings. The topological polar surface area (TPSA) is 84.2 Å². The Bertz CT molecular complexity index is 225. The molecule has 0 spiro atoms. The molecule has 0 aromatic heterocycles. The van der Waals surface area contributed by atoms with E-state index < -0.39 is 0 Å². The lowest BCUT2D eigenvalue weighted by Gasteiger charge is -2.05. The fraction of sp³-hybridized carbons (Fsp3) is 0.833. The molecule has 0 bridgehead atoms. The van der Waals surface area contributed by atoms with E-state index in [9.17, 15) is 9.59 Å². The van der Waals surface area contributed by atoms with Crippen LogP contribution >= 0.6 is 12.4 Å². The van der Waals surface area contributed by atoms with E-state index >= 15 is 0 Å². The molecular weight excluding hydrogens is 254 g/mol. The van der Waals surface area contributed by atoms with Gasteiger partial charge in [0.05, 0.1) is 0 Å². The summed E-state index contributed by atoms with van der Waals surface area (Å²) in [6.45, 7) is 3.46. The molecular formula is C12H26ClN3O2. The van der Waals surface area contributed by atoms with Gasteiger partial charge in [0.2, 0.25) is 11.8 Å². The first kappa shape index (κ1) is 19.5. The van der Waals surface area contributed by atoms with Gasteiger partial charge in [-0.3, -0.25) is 9.59 Å². The quantitative estimate of drug-likeness (QED) is 0.521. The summed E-state index contributed by atoms with van der Waals surface area (Å²) < 4.78 is 0. The Morgan fingerprint density at radius 1 is 0.944 bits per heavy atom. The summed E-state index contributed by atoms with van der Waals surface area (Å²) in [6, 6.07) is 0. The first-order valence-electron chi connectivity index (χ1n) is 6.38. The normalized spacial score (nSPS) is 9.44. The first-order valence-corrected chi connectivity index (χ1v) is 6.38. The van der Waals surface area contributed by atoms with Crippen molar-refractivity contribution in [1.82, 2.24) is 10.6 Å². The maximum absolute atomic E-state index is 11.3. The van der Waals surface area contributed by atoms with Gasteiger partial charge in [0.25, 0.3) is 0 Å². The second kappa shape index (κ2) is 14.3. The number of carbonyl (C=O) groups is 2. The Labute approximate surface area is 116 Å². The zero-order chi connectivity index (χ0) is 12.9. The second-order valence-electron chi connectivity index (χ2n) is 4.14. The van der Waals surface area contributed by atoms with Crippen molar-refractivity contribution in [3.05, 3.63) is 0 Å². The molecule has 0 saturated heterocycles. The average Bonchev–Trinajstić information content (AvgIpc) is 2.28. The predicted molar refractivity (Wildman–Crippen MR) is 75.7 cm³/mol. The fourth-order valence-corrected chi connectivity index (χ4v) is 1.45. The van der Waals surface area contributed by atoms with Gasteiger partial charge < -0.3 is 16.4 Å². The van der Waals surface area contributed by atoms with Gasteiger partial charge in [-0.25, -0.2) is 0 Å². The minimum atomic E-state index is -0.0313. The van der Waals surface area contributed by atoms with Gasteiger partial charge in [0.1, 0.15) is 0 Å². The van der Waals surface area contributed by atoms with Gasteiger partial charge in [-0.1, -0.05) is 12.8 Å². The number of amides is 2. The van der Waals surface area contributed by atoms with Crippen LogP contribution in [0.5, 0.6) is 0 Å². The Morgan fingerprint density at radius 3 is 2.17 bits per heavy atom. The smallest absolute Gasteiger partial charge is 0.219 e. The first-order chi connectivity index (χ1) is 8.16. The fourth-order valence-electron chi connectivity index (χ4n) is 1.45. The van der Waals surface area contributed by atoms with Crippen LogP contribution in [0.3, 0.4) is 0 Å². The maximum Gasteiger partial charge on any atom is 0.219 e. The lowest BCUT2D eigenvalue weighted by atomic mass is 10.1. The van der Waals surface area contributed by atoms with E-state index in [0.29, 0.717) is 19.5 Å². The SMILES string of the molecule is CC(=O)NCCCNC(=O)CCCCCCN.Cl. The molecule has 0 radical (unpaired) electrons. The van der Waals surface area contributed by atoms with E-state index in [1.54, 1.807) is 0 Å². The third-order valence-corrected chi connectivity index (χ3v) is 2.41. The molecule has 0 rings (SSSR count). The van der Waals surface area contributed by atoms with Gasteiger partial charge in [-0.05, 0) is 25.8 Å². The van der Waals surface area contributed by atoms with Crippen molar-refractivity contribution in [1.29, 1.82) is 0 Å². The summed E-state index contributed by atoms with van der Waals surface area (Å²) in [7, 11) is 0. The molecule has 0 heterocycles. The van der Waals surface area contributed by atoms with Crippen molar-refractivity contribution in [2.24, 2.45) is 5.73 Å². The number of carbonyl (C=O) groups excluding carboxylic acids is 2. The molecule has 0 aliphatic heterocycles. The Balaban J connectivity index is 0.